The van der Waals surface area contributed by atoms with Crippen LogP contribution in [0.25, 0.3) is 6.08 Å². The monoisotopic (exact) mass is 448 g/mol. The molecule has 1 aromatic rings. The molecule has 0 fully saturated rings. The number of allylic oxidation sites excluding steroid dienone is 2. The molecule has 1 aliphatic heterocycles. The minimum absolute atomic E-state index is 0.118. The Morgan fingerprint density at radius 2 is 1.81 bits per heavy atom. The summed E-state index contributed by atoms with van der Waals surface area (Å²) in [6.45, 7) is 2.71. The van der Waals surface area contributed by atoms with Crippen LogP contribution in [0.1, 0.15) is 57.2 Å². The first-order valence-electron chi connectivity index (χ1n) is 10.7. The maximum Gasteiger partial charge on any atom is 0.326 e. The number of aromatic nitrogens is 1. The Bertz CT molecular complexity index is 904. The van der Waals surface area contributed by atoms with Crippen LogP contribution in [0, 0.1) is 0 Å². The molecule has 0 aliphatic carbocycles. The van der Waals surface area contributed by atoms with E-state index in [9.17, 15) is 24.6 Å². The van der Waals surface area contributed by atoms with Crippen molar-refractivity contribution in [2.45, 2.75) is 57.5 Å². The molecule has 0 aromatic carbocycles. The molecule has 0 spiro atoms. The Labute approximate surface area is 186 Å². The summed E-state index contributed by atoms with van der Waals surface area (Å²) in [5.74, 6) is -2.44. The maximum absolute atomic E-state index is 12.6. The van der Waals surface area contributed by atoms with Crippen LogP contribution in [0.4, 0.5) is 0 Å². The molecule has 10 heteroatoms. The quantitative estimate of drug-likeness (QED) is 0.222. The van der Waals surface area contributed by atoms with E-state index < -0.39 is 24.0 Å². The van der Waals surface area contributed by atoms with Gasteiger partial charge < -0.3 is 36.3 Å². The summed E-state index contributed by atoms with van der Waals surface area (Å²) in [5, 5.41) is 29.0. The second kappa shape index (κ2) is 11.5. The number of aromatic hydroxyl groups is 1. The molecule has 0 saturated heterocycles. The molecule has 10 nitrogen and oxygen atoms in total. The van der Waals surface area contributed by atoms with E-state index in [0.717, 1.165) is 5.70 Å². The Morgan fingerprint density at radius 3 is 2.44 bits per heavy atom. The van der Waals surface area contributed by atoms with Crippen molar-refractivity contribution >= 4 is 23.8 Å². The lowest BCUT2D eigenvalue weighted by Gasteiger charge is -2.22. The Morgan fingerprint density at radius 1 is 1.12 bits per heavy atom. The smallest absolute Gasteiger partial charge is 0.326 e. The van der Waals surface area contributed by atoms with E-state index in [0.29, 0.717) is 57.3 Å². The zero-order valence-corrected chi connectivity index (χ0v) is 18.2. The van der Waals surface area contributed by atoms with Gasteiger partial charge in [0.1, 0.15) is 17.8 Å². The van der Waals surface area contributed by atoms with Crippen molar-refractivity contribution < 1.29 is 29.7 Å². The van der Waals surface area contributed by atoms with Crippen molar-refractivity contribution in [3.63, 3.8) is 0 Å². The molecule has 0 radical (unpaired) electrons. The normalized spacial score (nSPS) is 17.0. The van der Waals surface area contributed by atoms with Crippen molar-refractivity contribution in [3.8, 4) is 5.75 Å². The standard InChI is InChI=1S/C22H32N4O6/c1-14-12-20(28)18(25(14)10-5-3-6-15(24)21(29)30)13-17-19(27)8-11-26(17)16(22(31)32)7-2-4-9-23/h8,11-13,15-16,27H,2-7,9-10,23-24H2,1H3,(H,29,30)(H,31,32)/b18-13+. The number of nitrogens with two attached hydrogens (primary N) is 2. The molecular formula is C22H32N4O6. The minimum Gasteiger partial charge on any atom is -0.506 e. The van der Waals surface area contributed by atoms with Crippen LogP contribution in [0.15, 0.2) is 29.7 Å². The van der Waals surface area contributed by atoms with E-state index in [4.69, 9.17) is 16.6 Å². The van der Waals surface area contributed by atoms with Gasteiger partial charge in [0.2, 0.25) is 5.78 Å². The van der Waals surface area contributed by atoms with Crippen LogP contribution >= 0.6 is 0 Å². The molecule has 7 N–H and O–H groups in total. The number of unbranched alkanes of at least 4 members (excludes halogenated alkanes) is 2. The van der Waals surface area contributed by atoms with Gasteiger partial charge in [-0.25, -0.2) is 4.79 Å². The fourth-order valence-electron chi connectivity index (χ4n) is 3.73. The summed E-state index contributed by atoms with van der Waals surface area (Å²) in [5.41, 5.74) is 12.3. The van der Waals surface area contributed by atoms with Crippen LogP contribution in [0.2, 0.25) is 0 Å². The van der Waals surface area contributed by atoms with Crippen LogP contribution < -0.4 is 11.5 Å². The first-order valence-corrected chi connectivity index (χ1v) is 10.7. The summed E-state index contributed by atoms with van der Waals surface area (Å²) in [4.78, 5) is 37.1. The average Bonchev–Trinajstić information content (AvgIpc) is 3.21. The minimum atomic E-state index is -1.05. The van der Waals surface area contributed by atoms with Crippen LogP contribution in [-0.4, -0.2) is 61.6 Å². The van der Waals surface area contributed by atoms with E-state index >= 15 is 0 Å². The summed E-state index contributed by atoms with van der Waals surface area (Å²) in [6, 6.07) is -0.414. The highest BCUT2D eigenvalue weighted by Crippen LogP contribution is 2.31. The number of carboxylic acids is 2. The van der Waals surface area contributed by atoms with Gasteiger partial charge >= 0.3 is 11.9 Å². The highest BCUT2D eigenvalue weighted by molar-refractivity contribution is 6.09. The van der Waals surface area contributed by atoms with Crippen LogP contribution in [0.3, 0.4) is 0 Å². The molecule has 2 heterocycles. The average molecular weight is 449 g/mol. The number of ketones is 1. The van der Waals surface area contributed by atoms with Gasteiger partial charge in [0.15, 0.2) is 0 Å². The van der Waals surface area contributed by atoms with Gasteiger partial charge in [0.05, 0.1) is 11.4 Å². The second-order valence-corrected chi connectivity index (χ2v) is 7.90. The van der Waals surface area contributed by atoms with E-state index in [1.165, 1.54) is 29.0 Å². The molecule has 0 bridgehead atoms. The molecule has 32 heavy (non-hydrogen) atoms. The summed E-state index contributed by atoms with van der Waals surface area (Å²) in [7, 11) is 0. The molecule has 2 rings (SSSR count). The number of hydrogen-bond acceptors (Lipinski definition) is 7. The SMILES string of the molecule is CC1=CC(=O)/C(=C\c2c(O)ccn2C(CCCCN)C(=O)O)N1CCCCC(N)C(=O)O. The number of carbonyl (C=O) groups excluding carboxylic acids is 1. The van der Waals surface area contributed by atoms with E-state index in [1.54, 1.807) is 11.8 Å². The summed E-state index contributed by atoms with van der Waals surface area (Å²) < 4.78 is 1.46. The lowest BCUT2D eigenvalue weighted by molar-refractivity contribution is -0.141. The third-order valence-corrected chi connectivity index (χ3v) is 5.53. The zero-order chi connectivity index (χ0) is 23.8. The van der Waals surface area contributed by atoms with Gasteiger partial charge in [-0.05, 0) is 64.1 Å². The number of hydrogen-bond donors (Lipinski definition) is 5. The van der Waals surface area contributed by atoms with E-state index in [1.807, 2.05) is 0 Å². The molecule has 1 aliphatic rings. The van der Waals surface area contributed by atoms with Crippen molar-refractivity contribution in [2.75, 3.05) is 13.1 Å². The predicted molar refractivity (Wildman–Crippen MR) is 119 cm³/mol. The molecule has 0 amide bonds. The fourth-order valence-corrected chi connectivity index (χ4v) is 3.73. The second-order valence-electron chi connectivity index (χ2n) is 7.90. The first-order chi connectivity index (χ1) is 15.2. The van der Waals surface area contributed by atoms with Gasteiger partial charge in [-0.15, -0.1) is 0 Å². The van der Waals surface area contributed by atoms with E-state index in [2.05, 4.69) is 0 Å². The van der Waals surface area contributed by atoms with Crippen molar-refractivity contribution in [2.24, 2.45) is 11.5 Å². The molecular weight excluding hydrogens is 416 g/mol. The highest BCUT2D eigenvalue weighted by atomic mass is 16.4. The molecule has 176 valence electrons. The Balaban J connectivity index is 2.23. The van der Waals surface area contributed by atoms with Gasteiger partial charge in [-0.3, -0.25) is 9.59 Å². The predicted octanol–water partition coefficient (Wildman–Crippen LogP) is 1.66. The lowest BCUT2D eigenvalue weighted by Crippen LogP contribution is -2.30. The lowest BCUT2D eigenvalue weighted by atomic mass is 10.1. The number of rotatable bonds is 13. The molecule has 1 aromatic heterocycles. The third kappa shape index (κ3) is 6.21. The van der Waals surface area contributed by atoms with Crippen molar-refractivity contribution in [1.29, 1.82) is 0 Å². The molecule has 2 unspecified atom stereocenters. The number of aliphatic carboxylic acids is 2. The van der Waals surface area contributed by atoms with Gasteiger partial charge in [0, 0.05) is 24.5 Å². The first kappa shape index (κ1) is 25.2. The van der Waals surface area contributed by atoms with Crippen molar-refractivity contribution in [1.82, 2.24) is 9.47 Å². The largest absolute Gasteiger partial charge is 0.506 e. The maximum atomic E-state index is 12.6. The molecule has 0 saturated carbocycles. The van der Waals surface area contributed by atoms with Gasteiger partial charge in [-0.1, -0.05) is 0 Å². The number of carbonyl (C=O) groups is 3. The van der Waals surface area contributed by atoms with Crippen molar-refractivity contribution in [3.05, 3.63) is 35.4 Å². The third-order valence-electron chi connectivity index (χ3n) is 5.53. The van der Waals surface area contributed by atoms with Crippen LogP contribution in [0.5, 0.6) is 5.75 Å². The topological polar surface area (TPSA) is 172 Å². The number of nitrogens with zero attached hydrogens (tertiary/aromatic N) is 2. The summed E-state index contributed by atoms with van der Waals surface area (Å²) >= 11 is 0. The highest BCUT2D eigenvalue weighted by Gasteiger charge is 2.28. The van der Waals surface area contributed by atoms with E-state index in [-0.39, 0.29) is 17.2 Å². The summed E-state index contributed by atoms with van der Waals surface area (Å²) in [6.07, 6.45) is 7.65. The van der Waals surface area contributed by atoms with Gasteiger partial charge in [-0.2, -0.15) is 0 Å². The number of carboxylic acid groups (broad SMARTS) is 2. The molecule has 2 atom stereocenters. The zero-order valence-electron chi connectivity index (χ0n) is 18.2. The fraction of sp³-hybridized carbons (Fsp3) is 0.500. The Kier molecular flexibility index (Phi) is 9.03. The van der Waals surface area contributed by atoms with Gasteiger partial charge in [0.25, 0.3) is 0 Å². The Hall–Kier alpha value is -3.11. The van der Waals surface area contributed by atoms with Crippen LogP contribution in [-0.2, 0) is 14.4 Å².